The molecule has 14 heavy (non-hydrogen) atoms. The fraction of sp³-hybridized carbons (Fsp3) is 0.500. The largest absolute Gasteiger partial charge is 0.296 e. The van der Waals surface area contributed by atoms with E-state index in [9.17, 15) is 0 Å². The van der Waals surface area contributed by atoms with Crippen molar-refractivity contribution in [1.82, 2.24) is 4.90 Å². The predicted molar refractivity (Wildman–Crippen MR) is 61.5 cm³/mol. The van der Waals surface area contributed by atoms with Gasteiger partial charge in [-0.25, -0.2) is 0 Å². The molecule has 1 aliphatic heterocycles. The van der Waals surface area contributed by atoms with Crippen molar-refractivity contribution in [3.05, 3.63) is 28.5 Å². The average molecular weight is 205 g/mol. The summed E-state index contributed by atoms with van der Waals surface area (Å²) in [6, 6.07) is 5.31. The molecule has 0 aromatic carbocycles. The van der Waals surface area contributed by atoms with E-state index in [1.54, 1.807) is 5.57 Å². The van der Waals surface area contributed by atoms with Crippen molar-refractivity contribution in [2.24, 2.45) is 0 Å². The minimum Gasteiger partial charge on any atom is -0.296 e. The molecule has 0 atom stereocenters. The fourth-order valence-electron chi connectivity index (χ4n) is 2.14. The Labute approximate surface area is 89.0 Å². The molecule has 2 heterocycles. The van der Waals surface area contributed by atoms with Gasteiger partial charge in [0, 0.05) is 24.0 Å². The second kappa shape index (κ2) is 3.52. The van der Waals surface area contributed by atoms with Crippen molar-refractivity contribution in [2.45, 2.75) is 25.3 Å². The Morgan fingerprint density at radius 3 is 2.86 bits per heavy atom. The first kappa shape index (κ1) is 8.69. The standard InChI is InChI=1S/C12H15NS/c1-2-12(14-9-1)10-5-7-13(8-6-10)11-3-4-11/h1-2,5,9,11H,3-4,6-8H2. The van der Waals surface area contributed by atoms with E-state index in [2.05, 4.69) is 28.5 Å². The van der Waals surface area contributed by atoms with Crippen LogP contribution in [0, 0.1) is 0 Å². The number of thiophene rings is 1. The van der Waals surface area contributed by atoms with Crippen molar-refractivity contribution in [1.29, 1.82) is 0 Å². The van der Waals surface area contributed by atoms with Gasteiger partial charge in [0.25, 0.3) is 0 Å². The summed E-state index contributed by atoms with van der Waals surface area (Å²) in [4.78, 5) is 4.09. The highest BCUT2D eigenvalue weighted by Crippen LogP contribution is 2.32. The van der Waals surface area contributed by atoms with Crippen LogP contribution in [0.5, 0.6) is 0 Å². The van der Waals surface area contributed by atoms with Crippen molar-refractivity contribution >= 4 is 16.9 Å². The highest BCUT2D eigenvalue weighted by Gasteiger charge is 2.29. The van der Waals surface area contributed by atoms with E-state index in [1.165, 1.54) is 37.2 Å². The van der Waals surface area contributed by atoms with Crippen LogP contribution in [-0.4, -0.2) is 24.0 Å². The topological polar surface area (TPSA) is 3.24 Å². The lowest BCUT2D eigenvalue weighted by Crippen LogP contribution is -2.30. The lowest BCUT2D eigenvalue weighted by atomic mass is 10.1. The lowest BCUT2D eigenvalue weighted by molar-refractivity contribution is 0.292. The number of nitrogens with zero attached hydrogens (tertiary/aromatic N) is 1. The third-order valence-corrected chi connectivity index (χ3v) is 4.09. The molecule has 1 aromatic rings. The number of rotatable bonds is 2. The van der Waals surface area contributed by atoms with Gasteiger partial charge in [-0.1, -0.05) is 12.1 Å². The normalized spacial score (nSPS) is 23.6. The summed E-state index contributed by atoms with van der Waals surface area (Å²) >= 11 is 1.87. The fourth-order valence-corrected chi connectivity index (χ4v) is 2.94. The molecule has 0 saturated heterocycles. The highest BCUT2D eigenvalue weighted by atomic mass is 32.1. The Hall–Kier alpha value is -0.600. The number of hydrogen-bond donors (Lipinski definition) is 0. The van der Waals surface area contributed by atoms with Gasteiger partial charge in [0.05, 0.1) is 0 Å². The Balaban J connectivity index is 1.72. The molecule has 1 aromatic heterocycles. The summed E-state index contributed by atoms with van der Waals surface area (Å²) in [6.07, 6.45) is 6.54. The molecule has 0 spiro atoms. The monoisotopic (exact) mass is 205 g/mol. The molecule has 1 fully saturated rings. The van der Waals surface area contributed by atoms with Crippen molar-refractivity contribution in [2.75, 3.05) is 13.1 Å². The van der Waals surface area contributed by atoms with Crippen molar-refractivity contribution in [3.63, 3.8) is 0 Å². The van der Waals surface area contributed by atoms with Gasteiger partial charge in [0.1, 0.15) is 0 Å². The quantitative estimate of drug-likeness (QED) is 0.717. The van der Waals surface area contributed by atoms with Gasteiger partial charge in [-0.05, 0) is 36.3 Å². The van der Waals surface area contributed by atoms with Crippen LogP contribution in [0.1, 0.15) is 24.1 Å². The molecule has 74 valence electrons. The molecule has 1 aliphatic carbocycles. The van der Waals surface area contributed by atoms with E-state index in [4.69, 9.17) is 0 Å². The maximum Gasteiger partial charge on any atom is 0.0300 e. The van der Waals surface area contributed by atoms with Crippen LogP contribution in [-0.2, 0) is 0 Å². The summed E-state index contributed by atoms with van der Waals surface area (Å²) < 4.78 is 0. The van der Waals surface area contributed by atoms with Crippen molar-refractivity contribution in [3.8, 4) is 0 Å². The molecule has 0 bridgehead atoms. The summed E-state index contributed by atoms with van der Waals surface area (Å²) in [5, 5.41) is 2.17. The number of hydrogen-bond acceptors (Lipinski definition) is 2. The van der Waals surface area contributed by atoms with E-state index in [0.717, 1.165) is 6.04 Å². The molecule has 0 amide bonds. The Morgan fingerprint density at radius 2 is 2.29 bits per heavy atom. The second-order valence-electron chi connectivity index (χ2n) is 4.18. The van der Waals surface area contributed by atoms with E-state index >= 15 is 0 Å². The smallest absolute Gasteiger partial charge is 0.0300 e. The van der Waals surface area contributed by atoms with Crippen LogP contribution in [0.3, 0.4) is 0 Å². The molecule has 3 rings (SSSR count). The van der Waals surface area contributed by atoms with Gasteiger partial charge >= 0.3 is 0 Å². The maximum absolute atomic E-state index is 2.62. The Bertz CT molecular complexity index is 335. The first-order chi connectivity index (χ1) is 6.93. The zero-order valence-corrected chi connectivity index (χ0v) is 9.09. The van der Waals surface area contributed by atoms with Crippen LogP contribution in [0.15, 0.2) is 23.6 Å². The van der Waals surface area contributed by atoms with Crippen LogP contribution in [0.25, 0.3) is 5.57 Å². The van der Waals surface area contributed by atoms with Gasteiger partial charge in [-0.2, -0.15) is 0 Å². The van der Waals surface area contributed by atoms with Gasteiger partial charge < -0.3 is 0 Å². The van der Waals surface area contributed by atoms with Gasteiger partial charge in [0.15, 0.2) is 0 Å². The molecule has 2 aliphatic rings. The van der Waals surface area contributed by atoms with E-state index in [0.29, 0.717) is 0 Å². The van der Waals surface area contributed by atoms with E-state index < -0.39 is 0 Å². The van der Waals surface area contributed by atoms with E-state index in [-0.39, 0.29) is 0 Å². The molecule has 0 radical (unpaired) electrons. The van der Waals surface area contributed by atoms with Crippen molar-refractivity contribution < 1.29 is 0 Å². The molecule has 2 heteroatoms. The molecule has 1 nitrogen and oxygen atoms in total. The third kappa shape index (κ3) is 1.64. The lowest BCUT2D eigenvalue weighted by Gasteiger charge is -2.25. The predicted octanol–water partition coefficient (Wildman–Crippen LogP) is 3.00. The molecule has 0 N–H and O–H groups in total. The maximum atomic E-state index is 2.62. The highest BCUT2D eigenvalue weighted by molar-refractivity contribution is 7.11. The van der Waals surface area contributed by atoms with Crippen LogP contribution < -0.4 is 0 Å². The van der Waals surface area contributed by atoms with E-state index in [1.807, 2.05) is 11.3 Å². The summed E-state index contributed by atoms with van der Waals surface area (Å²) in [7, 11) is 0. The second-order valence-corrected chi connectivity index (χ2v) is 5.13. The molecular formula is C12H15NS. The molecular weight excluding hydrogens is 190 g/mol. The van der Waals surface area contributed by atoms with Crippen LogP contribution in [0.4, 0.5) is 0 Å². The van der Waals surface area contributed by atoms with Gasteiger partial charge in [0.2, 0.25) is 0 Å². The first-order valence-corrected chi connectivity index (χ1v) is 6.28. The minimum atomic E-state index is 0.927. The zero-order valence-electron chi connectivity index (χ0n) is 8.28. The summed E-state index contributed by atoms with van der Waals surface area (Å²) in [6.45, 7) is 2.45. The summed E-state index contributed by atoms with van der Waals surface area (Å²) in [5.74, 6) is 0. The Kier molecular flexibility index (Phi) is 2.18. The van der Waals surface area contributed by atoms with Gasteiger partial charge in [-0.15, -0.1) is 11.3 Å². The summed E-state index contributed by atoms with van der Waals surface area (Å²) in [5.41, 5.74) is 1.57. The van der Waals surface area contributed by atoms with Gasteiger partial charge in [-0.3, -0.25) is 4.90 Å². The minimum absolute atomic E-state index is 0.927. The van der Waals surface area contributed by atoms with Crippen LogP contribution in [0.2, 0.25) is 0 Å². The first-order valence-electron chi connectivity index (χ1n) is 5.40. The SMILES string of the molecule is C1=C(c2cccs2)CCN(C2CC2)C1. The third-order valence-electron chi connectivity index (χ3n) is 3.14. The molecule has 0 unspecified atom stereocenters. The molecule has 1 saturated carbocycles. The Morgan fingerprint density at radius 1 is 1.36 bits per heavy atom. The average Bonchev–Trinajstić information content (AvgIpc) is 2.94. The zero-order chi connectivity index (χ0) is 9.38. The van der Waals surface area contributed by atoms with Crippen LogP contribution >= 0.6 is 11.3 Å².